The van der Waals surface area contributed by atoms with Crippen molar-refractivity contribution in [2.24, 2.45) is 0 Å². The highest BCUT2D eigenvalue weighted by molar-refractivity contribution is 6.98. The summed E-state index contributed by atoms with van der Waals surface area (Å²) >= 11 is 0. The van der Waals surface area contributed by atoms with E-state index in [4.69, 9.17) is 0 Å². The number of hydrogen-bond donors (Lipinski definition) is 0. The first kappa shape index (κ1) is 18.7. The molecule has 3 aromatic rings. The van der Waals surface area contributed by atoms with Gasteiger partial charge in [-0.25, -0.2) is 0 Å². The smallest absolute Gasteiger partial charge is 0.342 e. The van der Waals surface area contributed by atoms with E-state index in [0.717, 1.165) is 41.7 Å². The molecule has 0 radical (unpaired) electrons. The Labute approximate surface area is 163 Å². The molecular weight excluding hydrogens is 358 g/mol. The molecule has 0 aliphatic carbocycles. The molecule has 0 bridgehead atoms. The van der Waals surface area contributed by atoms with Gasteiger partial charge in [0.25, 0.3) is 0 Å². The third-order valence-corrected chi connectivity index (χ3v) is 5.39. The fraction of sp³-hybridized carbons (Fsp3) is 0.217. The molecule has 0 unspecified atom stereocenters. The van der Waals surface area contributed by atoms with Crippen molar-refractivity contribution in [2.75, 3.05) is 11.4 Å². The number of nitrogens with zero attached hydrogens (tertiary/aromatic N) is 1. The van der Waals surface area contributed by atoms with Crippen molar-refractivity contribution in [1.82, 2.24) is 0 Å². The quantitative estimate of drug-likeness (QED) is 0.605. The van der Waals surface area contributed by atoms with Crippen molar-refractivity contribution < 1.29 is 13.2 Å². The number of halogens is 3. The fourth-order valence-corrected chi connectivity index (χ4v) is 4.15. The minimum absolute atomic E-state index is 0.310. The number of alkyl halides is 3. The molecule has 0 saturated carbocycles. The van der Waals surface area contributed by atoms with Crippen LogP contribution in [0.1, 0.15) is 25.3 Å². The zero-order chi connectivity index (χ0) is 19.7. The number of hydrogen-bond acceptors (Lipinski definition) is 1. The SMILES string of the molecule is CCCCN1c2ccccc2B(c2ccccc2C(F)(F)F)c2ccccc21. The van der Waals surface area contributed by atoms with Crippen molar-refractivity contribution in [3.05, 3.63) is 78.4 Å². The summed E-state index contributed by atoms with van der Waals surface area (Å²) in [7, 11) is 0. The number of unbranched alkanes of at least 4 members (excludes halogenated alkanes) is 1. The third kappa shape index (κ3) is 3.19. The maximum Gasteiger partial charge on any atom is 0.415 e. The van der Waals surface area contributed by atoms with E-state index in [9.17, 15) is 13.2 Å². The number of para-hydroxylation sites is 2. The molecule has 1 aliphatic rings. The highest BCUT2D eigenvalue weighted by atomic mass is 19.4. The largest absolute Gasteiger partial charge is 0.415 e. The summed E-state index contributed by atoms with van der Waals surface area (Å²) in [6.45, 7) is 2.55. The Morgan fingerprint density at radius 3 is 1.79 bits per heavy atom. The van der Waals surface area contributed by atoms with Crippen molar-refractivity contribution in [2.45, 2.75) is 25.9 Å². The average molecular weight is 379 g/mol. The molecule has 5 heteroatoms. The van der Waals surface area contributed by atoms with E-state index in [2.05, 4.69) is 11.8 Å². The van der Waals surface area contributed by atoms with Crippen LogP contribution in [0.4, 0.5) is 24.5 Å². The van der Waals surface area contributed by atoms with Crippen LogP contribution in [-0.4, -0.2) is 13.3 Å². The van der Waals surface area contributed by atoms with Crippen molar-refractivity contribution in [3.63, 3.8) is 0 Å². The summed E-state index contributed by atoms with van der Waals surface area (Å²) in [5.74, 6) is 0. The minimum Gasteiger partial charge on any atom is -0.342 e. The topological polar surface area (TPSA) is 3.24 Å². The molecule has 28 heavy (non-hydrogen) atoms. The second-order valence-corrected chi connectivity index (χ2v) is 7.14. The standard InChI is InChI=1S/C23H21BF3N/c1-2-3-16-28-21-14-8-6-12-19(21)24(20-13-7-9-15-22(20)28)18-11-5-4-10-17(18)23(25,26)27/h4-15H,2-3,16H2,1H3. The van der Waals surface area contributed by atoms with Crippen LogP contribution in [0.5, 0.6) is 0 Å². The van der Waals surface area contributed by atoms with Gasteiger partial charge in [0, 0.05) is 17.9 Å². The van der Waals surface area contributed by atoms with E-state index in [1.165, 1.54) is 12.1 Å². The van der Waals surface area contributed by atoms with E-state index in [0.29, 0.717) is 5.46 Å². The van der Waals surface area contributed by atoms with Gasteiger partial charge in [0.2, 0.25) is 6.71 Å². The zero-order valence-corrected chi connectivity index (χ0v) is 15.7. The van der Waals surface area contributed by atoms with Crippen LogP contribution < -0.4 is 21.3 Å². The van der Waals surface area contributed by atoms with Crippen LogP contribution in [0.25, 0.3) is 0 Å². The van der Waals surface area contributed by atoms with E-state index in [1.807, 2.05) is 48.5 Å². The molecule has 1 aliphatic heterocycles. The lowest BCUT2D eigenvalue weighted by atomic mass is 9.34. The molecule has 142 valence electrons. The maximum absolute atomic E-state index is 13.8. The first-order chi connectivity index (χ1) is 13.5. The molecule has 0 atom stereocenters. The van der Waals surface area contributed by atoms with Crippen molar-refractivity contribution >= 4 is 34.5 Å². The summed E-state index contributed by atoms with van der Waals surface area (Å²) in [4.78, 5) is 2.25. The molecule has 3 aromatic carbocycles. The van der Waals surface area contributed by atoms with E-state index >= 15 is 0 Å². The van der Waals surface area contributed by atoms with E-state index in [-0.39, 0.29) is 0 Å². The molecule has 1 nitrogen and oxygen atoms in total. The summed E-state index contributed by atoms with van der Waals surface area (Å²) < 4.78 is 41.4. The molecule has 0 spiro atoms. The van der Waals surface area contributed by atoms with Gasteiger partial charge in [0.05, 0.1) is 5.56 Å². The summed E-state index contributed by atoms with van der Waals surface area (Å²) in [6.07, 6.45) is -2.31. The Balaban J connectivity index is 1.96. The molecule has 0 aromatic heterocycles. The predicted octanol–water partition coefficient (Wildman–Crippen LogP) is 4.47. The maximum atomic E-state index is 13.8. The van der Waals surface area contributed by atoms with Crippen LogP contribution in [0.2, 0.25) is 0 Å². The Morgan fingerprint density at radius 1 is 0.750 bits per heavy atom. The van der Waals surface area contributed by atoms with Gasteiger partial charge in [-0.1, -0.05) is 79.5 Å². The first-order valence-electron chi connectivity index (χ1n) is 9.64. The van der Waals surface area contributed by atoms with E-state index < -0.39 is 18.5 Å². The Hall–Kier alpha value is -2.69. The Bertz CT molecular complexity index is 936. The molecule has 4 rings (SSSR count). The number of benzene rings is 3. The Morgan fingerprint density at radius 2 is 1.25 bits per heavy atom. The van der Waals surface area contributed by atoms with Crippen LogP contribution in [-0.2, 0) is 6.18 Å². The van der Waals surface area contributed by atoms with Gasteiger partial charge in [-0.15, -0.1) is 0 Å². The Kier molecular flexibility index (Phi) is 4.92. The van der Waals surface area contributed by atoms with Crippen LogP contribution >= 0.6 is 0 Å². The lowest BCUT2D eigenvalue weighted by molar-refractivity contribution is -0.136. The lowest BCUT2D eigenvalue weighted by Crippen LogP contribution is -2.59. The van der Waals surface area contributed by atoms with Crippen molar-refractivity contribution in [3.8, 4) is 0 Å². The second kappa shape index (κ2) is 7.38. The number of rotatable bonds is 4. The number of fused-ring (bicyclic) bond motifs is 2. The second-order valence-electron chi connectivity index (χ2n) is 7.14. The van der Waals surface area contributed by atoms with Crippen molar-refractivity contribution in [1.29, 1.82) is 0 Å². The van der Waals surface area contributed by atoms with Gasteiger partial charge in [-0.2, -0.15) is 13.2 Å². The van der Waals surface area contributed by atoms with Crippen LogP contribution in [0.3, 0.4) is 0 Å². The van der Waals surface area contributed by atoms with Gasteiger partial charge >= 0.3 is 6.18 Å². The first-order valence-corrected chi connectivity index (χ1v) is 9.64. The molecule has 0 fully saturated rings. The van der Waals surface area contributed by atoms with Gasteiger partial charge < -0.3 is 4.90 Å². The lowest BCUT2D eigenvalue weighted by Gasteiger charge is -2.37. The van der Waals surface area contributed by atoms with Gasteiger partial charge in [0.1, 0.15) is 0 Å². The summed E-state index contributed by atoms with van der Waals surface area (Å²) in [5.41, 5.74) is 3.59. The van der Waals surface area contributed by atoms with Crippen LogP contribution in [0, 0.1) is 0 Å². The predicted molar refractivity (Wildman–Crippen MR) is 111 cm³/mol. The highest BCUT2D eigenvalue weighted by Gasteiger charge is 2.40. The molecule has 0 amide bonds. The van der Waals surface area contributed by atoms with Gasteiger partial charge in [-0.05, 0) is 29.5 Å². The summed E-state index contributed by atoms with van der Waals surface area (Å²) in [5, 5.41) is 0. The zero-order valence-electron chi connectivity index (χ0n) is 15.7. The highest BCUT2D eigenvalue weighted by Crippen LogP contribution is 2.31. The molecule has 0 saturated heterocycles. The number of anilines is 2. The van der Waals surface area contributed by atoms with Crippen LogP contribution in [0.15, 0.2) is 72.8 Å². The monoisotopic (exact) mass is 379 g/mol. The minimum atomic E-state index is -4.39. The van der Waals surface area contributed by atoms with Gasteiger partial charge in [0.15, 0.2) is 0 Å². The van der Waals surface area contributed by atoms with Gasteiger partial charge in [-0.3, -0.25) is 0 Å². The summed E-state index contributed by atoms with van der Waals surface area (Å²) in [6, 6.07) is 21.6. The van der Waals surface area contributed by atoms with E-state index in [1.54, 1.807) is 12.1 Å². The normalized spacial score (nSPS) is 13.3. The molecular formula is C23H21BF3N. The molecule has 0 N–H and O–H groups in total. The molecule has 1 heterocycles. The average Bonchev–Trinajstić information content (AvgIpc) is 2.70. The fourth-order valence-electron chi connectivity index (χ4n) is 4.15. The third-order valence-electron chi connectivity index (χ3n) is 5.39.